The first-order valence-corrected chi connectivity index (χ1v) is 11.9. The highest BCUT2D eigenvalue weighted by atomic mass is 16.2. The van der Waals surface area contributed by atoms with Crippen LogP contribution in [0.2, 0.25) is 0 Å². The van der Waals surface area contributed by atoms with E-state index in [2.05, 4.69) is 31.2 Å². The first-order chi connectivity index (χ1) is 20.3. The van der Waals surface area contributed by atoms with Crippen molar-refractivity contribution in [2.24, 2.45) is 7.05 Å². The van der Waals surface area contributed by atoms with Gasteiger partial charge in [0, 0.05) is 110 Å². The lowest BCUT2D eigenvalue weighted by molar-refractivity contribution is 0.0827. The molecule has 1 amide bonds. The summed E-state index contributed by atoms with van der Waals surface area (Å²) in [6.45, 7) is -2.75. The Morgan fingerprint density at radius 2 is 1.92 bits per heavy atom. The van der Waals surface area contributed by atoms with Gasteiger partial charge in [0.1, 0.15) is 11.5 Å². The van der Waals surface area contributed by atoms with Gasteiger partial charge in [-0.25, -0.2) is 9.97 Å². The highest BCUT2D eigenvalue weighted by molar-refractivity contribution is 5.93. The number of anilines is 2. The van der Waals surface area contributed by atoms with Crippen LogP contribution < -0.4 is 15.8 Å². The van der Waals surface area contributed by atoms with E-state index in [0.29, 0.717) is 25.5 Å². The number of hydrogen-bond acceptors (Lipinski definition) is 7. The molecular weight excluding hydrogens is 468 g/mol. The number of hydrogen-bond donors (Lipinski definition) is 1. The van der Waals surface area contributed by atoms with E-state index < -0.39 is 19.9 Å². The third-order valence-electron chi connectivity index (χ3n) is 6.75. The van der Waals surface area contributed by atoms with E-state index in [1.54, 1.807) is 36.1 Å². The standard InChI is InChI=1S/C27H32N8O2/c1-28-20-8-10-35(25(36)15-20)23-7-9-29-26-22(23)16-21(32(26)4)18-33-11-13-34(14-12-33)24-6-5-19(17-30-24)27(37)31(2)3/h5-10,15-17,28H,11-14,18H2,1-4H3/i2D3,3D3. The van der Waals surface area contributed by atoms with E-state index in [9.17, 15) is 9.59 Å². The third-order valence-corrected chi connectivity index (χ3v) is 6.75. The van der Waals surface area contributed by atoms with Gasteiger partial charge in [0.2, 0.25) is 0 Å². The number of aromatic nitrogens is 4. The Hall–Kier alpha value is -4.18. The number of fused-ring (bicyclic) bond motifs is 1. The Morgan fingerprint density at radius 1 is 1.11 bits per heavy atom. The van der Waals surface area contributed by atoms with Crippen molar-refractivity contribution < 1.29 is 13.0 Å². The summed E-state index contributed by atoms with van der Waals surface area (Å²) in [7, 11) is 3.73. The van der Waals surface area contributed by atoms with Gasteiger partial charge in [-0.2, -0.15) is 0 Å². The van der Waals surface area contributed by atoms with Crippen molar-refractivity contribution in [3.05, 3.63) is 76.6 Å². The molecule has 0 radical (unpaired) electrons. The minimum Gasteiger partial charge on any atom is -0.388 e. The molecule has 10 heteroatoms. The molecule has 0 unspecified atom stereocenters. The number of amides is 1. The minimum atomic E-state index is -3.12. The van der Waals surface area contributed by atoms with Crippen LogP contribution in [-0.2, 0) is 13.6 Å². The molecule has 1 fully saturated rings. The van der Waals surface area contributed by atoms with Crippen molar-refractivity contribution in [3.63, 3.8) is 0 Å². The lowest BCUT2D eigenvalue weighted by Gasteiger charge is -2.35. The van der Waals surface area contributed by atoms with Crippen molar-refractivity contribution in [1.82, 2.24) is 28.9 Å². The summed E-state index contributed by atoms with van der Waals surface area (Å²) in [5.41, 5.74) is 3.09. The maximum absolute atomic E-state index is 12.8. The number of piperazine rings is 1. The van der Waals surface area contributed by atoms with Crippen LogP contribution in [-0.4, -0.2) is 82.0 Å². The van der Waals surface area contributed by atoms with Gasteiger partial charge < -0.3 is 19.7 Å². The second kappa shape index (κ2) is 10.1. The molecule has 0 spiro atoms. The maximum Gasteiger partial charge on any atom is 0.257 e. The summed E-state index contributed by atoms with van der Waals surface area (Å²) in [5, 5.41) is 3.86. The molecule has 0 bridgehead atoms. The molecule has 1 aliphatic rings. The zero-order valence-corrected chi connectivity index (χ0v) is 20.7. The lowest BCUT2D eigenvalue weighted by atomic mass is 10.2. The van der Waals surface area contributed by atoms with E-state index in [1.807, 2.05) is 23.7 Å². The molecule has 5 rings (SSSR count). The molecule has 4 aromatic rings. The van der Waals surface area contributed by atoms with Gasteiger partial charge in [0.15, 0.2) is 0 Å². The van der Waals surface area contributed by atoms with Crippen LogP contribution in [0.15, 0.2) is 59.8 Å². The van der Waals surface area contributed by atoms with Crippen LogP contribution in [0.25, 0.3) is 16.7 Å². The van der Waals surface area contributed by atoms with Crippen molar-refractivity contribution in [2.45, 2.75) is 6.54 Å². The molecule has 0 atom stereocenters. The average Bonchev–Trinajstić information content (AvgIpc) is 3.27. The van der Waals surface area contributed by atoms with Crippen molar-refractivity contribution >= 4 is 28.4 Å². The molecule has 0 saturated carbocycles. The Balaban J connectivity index is 1.27. The fourth-order valence-corrected chi connectivity index (χ4v) is 4.65. The Morgan fingerprint density at radius 3 is 2.59 bits per heavy atom. The van der Waals surface area contributed by atoms with E-state index in [1.165, 1.54) is 12.3 Å². The second-order valence-corrected chi connectivity index (χ2v) is 8.94. The SMILES string of the molecule is [2H]C([2H])([2H])N(C(=O)c1ccc(N2CCN(Cc3cc4c(-n5ccc(NC)cc5=O)ccnc4n3C)CC2)nc1)C([2H])([2H])[2H]. The summed E-state index contributed by atoms with van der Waals surface area (Å²) in [4.78, 5) is 38.7. The first kappa shape index (κ1) is 18.1. The number of carbonyl (C=O) groups is 1. The molecule has 1 N–H and O–H groups in total. The Labute approximate surface area is 224 Å². The number of pyridine rings is 3. The third kappa shape index (κ3) is 4.79. The number of aryl methyl sites for hydroxylation is 1. The Kier molecular flexibility index (Phi) is 4.93. The van der Waals surface area contributed by atoms with Crippen LogP contribution >= 0.6 is 0 Å². The zero-order valence-electron chi connectivity index (χ0n) is 26.7. The van der Waals surface area contributed by atoms with Crippen LogP contribution in [0.4, 0.5) is 11.5 Å². The van der Waals surface area contributed by atoms with Crippen LogP contribution in [0, 0.1) is 0 Å². The van der Waals surface area contributed by atoms with Gasteiger partial charge in [-0.3, -0.25) is 19.1 Å². The number of carbonyl (C=O) groups excluding carboxylic acids is 1. The van der Waals surface area contributed by atoms with Gasteiger partial charge in [-0.15, -0.1) is 0 Å². The van der Waals surface area contributed by atoms with E-state index in [4.69, 9.17) is 8.22 Å². The molecule has 4 aromatic heterocycles. The predicted molar refractivity (Wildman–Crippen MR) is 146 cm³/mol. The monoisotopic (exact) mass is 506 g/mol. The second-order valence-electron chi connectivity index (χ2n) is 8.94. The fourth-order valence-electron chi connectivity index (χ4n) is 4.65. The summed E-state index contributed by atoms with van der Waals surface area (Å²) < 4.78 is 48.5. The van der Waals surface area contributed by atoms with Gasteiger partial charge in [-0.05, 0) is 30.3 Å². The molecule has 37 heavy (non-hydrogen) atoms. The van der Waals surface area contributed by atoms with Crippen molar-refractivity contribution in [1.29, 1.82) is 0 Å². The van der Waals surface area contributed by atoms with E-state index in [-0.39, 0.29) is 16.0 Å². The van der Waals surface area contributed by atoms with Gasteiger partial charge in [-0.1, -0.05) is 0 Å². The molecular formula is C27H32N8O2. The molecule has 0 aromatic carbocycles. The minimum absolute atomic E-state index is 0.0707. The van der Waals surface area contributed by atoms with Crippen LogP contribution in [0.3, 0.4) is 0 Å². The van der Waals surface area contributed by atoms with Crippen LogP contribution in [0.1, 0.15) is 24.3 Å². The predicted octanol–water partition coefficient (Wildman–Crippen LogP) is 2.18. The maximum atomic E-state index is 12.8. The zero-order chi connectivity index (χ0) is 31.1. The molecule has 192 valence electrons. The van der Waals surface area contributed by atoms with Gasteiger partial charge >= 0.3 is 0 Å². The molecule has 0 aliphatic carbocycles. The first-order valence-electron chi connectivity index (χ1n) is 14.9. The van der Waals surface area contributed by atoms with Gasteiger partial charge in [0.05, 0.1) is 11.3 Å². The number of nitrogens with one attached hydrogen (secondary N) is 1. The van der Waals surface area contributed by atoms with E-state index in [0.717, 1.165) is 41.2 Å². The topological polar surface area (TPSA) is 91.5 Å². The average molecular weight is 507 g/mol. The molecule has 5 heterocycles. The summed E-state index contributed by atoms with van der Waals surface area (Å²) in [6.07, 6.45) is 4.67. The van der Waals surface area contributed by atoms with Crippen molar-refractivity contribution in [2.75, 3.05) is 57.4 Å². The highest BCUT2D eigenvalue weighted by Crippen LogP contribution is 2.25. The molecule has 1 saturated heterocycles. The number of rotatable bonds is 6. The fraction of sp³-hybridized carbons (Fsp3) is 0.333. The largest absolute Gasteiger partial charge is 0.388 e. The molecule has 1 aliphatic heterocycles. The number of nitrogens with zero attached hydrogens (tertiary/aromatic N) is 7. The summed E-state index contributed by atoms with van der Waals surface area (Å²) in [5.74, 6) is -0.518. The smallest absolute Gasteiger partial charge is 0.257 e. The van der Waals surface area contributed by atoms with Crippen molar-refractivity contribution in [3.8, 4) is 5.69 Å². The van der Waals surface area contributed by atoms with Gasteiger partial charge in [0.25, 0.3) is 11.5 Å². The Bertz CT molecular complexity index is 1680. The molecule has 10 nitrogen and oxygen atoms in total. The van der Waals surface area contributed by atoms with Crippen LogP contribution in [0.5, 0.6) is 0 Å². The summed E-state index contributed by atoms with van der Waals surface area (Å²) >= 11 is 0. The normalized spacial score (nSPS) is 17.3. The quantitative estimate of drug-likeness (QED) is 0.429. The highest BCUT2D eigenvalue weighted by Gasteiger charge is 2.21. The summed E-state index contributed by atoms with van der Waals surface area (Å²) in [6, 6.07) is 10.3. The van der Waals surface area contributed by atoms with E-state index >= 15 is 0 Å². The lowest BCUT2D eigenvalue weighted by Crippen LogP contribution is -2.46.